The fourth-order valence-electron chi connectivity index (χ4n) is 3.61. The number of anilines is 1. The van der Waals surface area contributed by atoms with Crippen molar-refractivity contribution in [1.82, 2.24) is 19.7 Å². The molecule has 1 saturated heterocycles. The summed E-state index contributed by atoms with van der Waals surface area (Å²) in [6, 6.07) is 13.6. The number of carbonyl (C=O) groups is 2. The molecule has 1 fully saturated rings. The fraction of sp³-hybridized carbons (Fsp3) is 0.333. The predicted molar refractivity (Wildman–Crippen MR) is 127 cm³/mol. The number of benzene rings is 1. The molecular weight excluding hydrogens is 438 g/mol. The maximum Gasteiger partial charge on any atom is 0.244 e. The molecule has 2 amide bonds. The summed E-state index contributed by atoms with van der Waals surface area (Å²) >= 11 is 1.47. The second-order valence-electron chi connectivity index (χ2n) is 7.84. The Labute approximate surface area is 197 Å². The first-order chi connectivity index (χ1) is 16.2. The van der Waals surface area contributed by atoms with Crippen molar-refractivity contribution in [3.05, 3.63) is 72.8 Å². The molecule has 2 aromatic heterocycles. The lowest BCUT2D eigenvalue weighted by atomic mass is 10.2. The normalized spacial score (nSPS) is 15.3. The number of hydrogen-bond acceptors (Lipinski definition) is 6. The van der Waals surface area contributed by atoms with Crippen molar-refractivity contribution >= 4 is 29.3 Å². The van der Waals surface area contributed by atoms with Crippen LogP contribution in [0.4, 0.5) is 5.69 Å². The Bertz CT molecular complexity index is 1040. The first kappa shape index (κ1) is 23.0. The molecule has 1 aliphatic heterocycles. The smallest absolute Gasteiger partial charge is 0.244 e. The van der Waals surface area contributed by atoms with Crippen LogP contribution in [0.15, 0.2) is 72.1 Å². The van der Waals surface area contributed by atoms with E-state index in [4.69, 9.17) is 4.74 Å². The van der Waals surface area contributed by atoms with Gasteiger partial charge in [-0.1, -0.05) is 18.2 Å². The van der Waals surface area contributed by atoms with Gasteiger partial charge in [0.1, 0.15) is 6.54 Å². The fourth-order valence-corrected chi connectivity index (χ4v) is 4.33. The van der Waals surface area contributed by atoms with Crippen molar-refractivity contribution in [2.45, 2.75) is 36.9 Å². The molecule has 0 saturated carbocycles. The third kappa shape index (κ3) is 7.16. The Balaban J connectivity index is 1.32. The summed E-state index contributed by atoms with van der Waals surface area (Å²) in [7, 11) is 0. The highest BCUT2D eigenvalue weighted by Gasteiger charge is 2.23. The average Bonchev–Trinajstić information content (AvgIpc) is 3.51. The van der Waals surface area contributed by atoms with E-state index < -0.39 is 0 Å². The minimum absolute atomic E-state index is 0.0529. The van der Waals surface area contributed by atoms with Gasteiger partial charge in [-0.15, -0.1) is 11.8 Å². The Kier molecular flexibility index (Phi) is 8.10. The molecule has 4 rings (SSSR count). The van der Waals surface area contributed by atoms with Gasteiger partial charge in [0.05, 0.1) is 23.7 Å². The number of thioether (sulfide) groups is 1. The topological polar surface area (TPSA) is 89.4 Å². The van der Waals surface area contributed by atoms with Crippen molar-refractivity contribution < 1.29 is 14.3 Å². The number of nitrogens with one attached hydrogen (secondary N) is 1. The van der Waals surface area contributed by atoms with E-state index in [1.807, 2.05) is 47.4 Å². The number of carbonyl (C=O) groups excluding carboxylic acids is 2. The molecule has 1 atom stereocenters. The Hall–Kier alpha value is -3.17. The number of pyridine rings is 1. The first-order valence-corrected chi connectivity index (χ1v) is 11.9. The summed E-state index contributed by atoms with van der Waals surface area (Å²) in [5.74, 6) is 0.130. The van der Waals surface area contributed by atoms with Gasteiger partial charge in [0, 0.05) is 43.2 Å². The summed E-state index contributed by atoms with van der Waals surface area (Å²) in [6.45, 7) is 1.87. The molecule has 3 heterocycles. The third-order valence-corrected chi connectivity index (χ3v) is 6.26. The van der Waals surface area contributed by atoms with Crippen LogP contribution in [0.2, 0.25) is 0 Å². The maximum atomic E-state index is 13.1. The van der Waals surface area contributed by atoms with Crippen LogP contribution in [0.3, 0.4) is 0 Å². The number of amides is 2. The highest BCUT2D eigenvalue weighted by molar-refractivity contribution is 8.00. The molecule has 8 nitrogen and oxygen atoms in total. The highest BCUT2D eigenvalue weighted by Crippen LogP contribution is 2.18. The zero-order valence-corrected chi connectivity index (χ0v) is 19.1. The lowest BCUT2D eigenvalue weighted by molar-refractivity contribution is -0.134. The van der Waals surface area contributed by atoms with Crippen molar-refractivity contribution in [3.63, 3.8) is 0 Å². The van der Waals surface area contributed by atoms with E-state index in [2.05, 4.69) is 15.4 Å². The van der Waals surface area contributed by atoms with Crippen molar-refractivity contribution in [1.29, 1.82) is 0 Å². The molecule has 1 unspecified atom stereocenters. The highest BCUT2D eigenvalue weighted by atomic mass is 32.2. The minimum Gasteiger partial charge on any atom is -0.376 e. The molecule has 0 radical (unpaired) electrons. The Morgan fingerprint density at radius 3 is 2.76 bits per heavy atom. The van der Waals surface area contributed by atoms with E-state index in [0.717, 1.165) is 29.9 Å². The maximum absolute atomic E-state index is 13.1. The molecule has 0 aliphatic carbocycles. The molecule has 172 valence electrons. The SMILES string of the molecule is O=C(CSc1ccccc1)Nc1cnn(CC(=O)N(Cc2ccncc2)CC2CCCO2)c1. The standard InChI is InChI=1S/C24H27N5O3S/c30-23(18-33-22-6-2-1-3-7-22)27-20-13-26-29(15-20)17-24(31)28(16-21-5-4-12-32-21)14-19-8-10-25-11-9-19/h1-3,6-11,13,15,21H,4-5,12,14,16-18H2,(H,27,30). The van der Waals surface area contributed by atoms with Crippen LogP contribution < -0.4 is 5.32 Å². The molecule has 1 aliphatic rings. The molecule has 0 spiro atoms. The molecule has 3 aromatic rings. The number of aromatic nitrogens is 3. The van der Waals surface area contributed by atoms with Gasteiger partial charge in [-0.25, -0.2) is 0 Å². The van der Waals surface area contributed by atoms with Gasteiger partial charge in [0.25, 0.3) is 0 Å². The van der Waals surface area contributed by atoms with Gasteiger partial charge in [-0.3, -0.25) is 19.3 Å². The Morgan fingerprint density at radius 2 is 2.00 bits per heavy atom. The van der Waals surface area contributed by atoms with Gasteiger partial charge < -0.3 is 15.0 Å². The first-order valence-electron chi connectivity index (χ1n) is 10.9. The van der Waals surface area contributed by atoms with Crippen LogP contribution >= 0.6 is 11.8 Å². The van der Waals surface area contributed by atoms with Gasteiger partial charge in [-0.2, -0.15) is 5.10 Å². The van der Waals surface area contributed by atoms with E-state index in [1.165, 1.54) is 11.8 Å². The minimum atomic E-state index is -0.118. The molecule has 9 heteroatoms. The summed E-state index contributed by atoms with van der Waals surface area (Å²) in [4.78, 5) is 32.2. The number of rotatable bonds is 10. The number of nitrogens with zero attached hydrogens (tertiary/aromatic N) is 4. The lowest BCUT2D eigenvalue weighted by Crippen LogP contribution is -2.39. The summed E-state index contributed by atoms with van der Waals surface area (Å²) in [6.07, 6.45) is 8.73. The van der Waals surface area contributed by atoms with Crippen LogP contribution in [-0.2, 0) is 27.4 Å². The number of hydrogen-bond donors (Lipinski definition) is 1. The second kappa shape index (κ2) is 11.6. The molecule has 0 bridgehead atoms. The molecular formula is C24H27N5O3S. The zero-order chi connectivity index (χ0) is 22.9. The zero-order valence-electron chi connectivity index (χ0n) is 18.3. The van der Waals surface area contributed by atoms with Crippen LogP contribution in [0.25, 0.3) is 0 Å². The lowest BCUT2D eigenvalue weighted by Gasteiger charge is -2.25. The molecule has 1 N–H and O–H groups in total. The van der Waals surface area contributed by atoms with E-state index in [1.54, 1.807) is 29.5 Å². The van der Waals surface area contributed by atoms with E-state index in [9.17, 15) is 9.59 Å². The summed E-state index contributed by atoms with van der Waals surface area (Å²) < 4.78 is 7.30. The van der Waals surface area contributed by atoms with E-state index >= 15 is 0 Å². The van der Waals surface area contributed by atoms with E-state index in [0.29, 0.717) is 24.5 Å². The van der Waals surface area contributed by atoms with Crippen LogP contribution in [-0.4, -0.2) is 56.5 Å². The Morgan fingerprint density at radius 1 is 1.18 bits per heavy atom. The van der Waals surface area contributed by atoms with Crippen LogP contribution in [0.5, 0.6) is 0 Å². The third-order valence-electron chi connectivity index (χ3n) is 5.25. The quantitative estimate of drug-likeness (QED) is 0.463. The van der Waals surface area contributed by atoms with Gasteiger partial charge in [0.15, 0.2) is 0 Å². The summed E-state index contributed by atoms with van der Waals surface area (Å²) in [5.41, 5.74) is 1.59. The van der Waals surface area contributed by atoms with Gasteiger partial charge in [-0.05, 0) is 42.7 Å². The summed E-state index contributed by atoms with van der Waals surface area (Å²) in [5, 5.41) is 7.09. The van der Waals surface area contributed by atoms with Crippen LogP contribution in [0, 0.1) is 0 Å². The van der Waals surface area contributed by atoms with Crippen molar-refractivity contribution in [2.75, 3.05) is 24.2 Å². The van der Waals surface area contributed by atoms with Crippen molar-refractivity contribution in [3.8, 4) is 0 Å². The number of ether oxygens (including phenoxy) is 1. The van der Waals surface area contributed by atoms with Crippen LogP contribution in [0.1, 0.15) is 18.4 Å². The second-order valence-corrected chi connectivity index (χ2v) is 8.89. The molecule has 1 aromatic carbocycles. The largest absolute Gasteiger partial charge is 0.376 e. The van der Waals surface area contributed by atoms with Crippen molar-refractivity contribution in [2.24, 2.45) is 0 Å². The average molecular weight is 466 g/mol. The molecule has 33 heavy (non-hydrogen) atoms. The monoisotopic (exact) mass is 465 g/mol. The van der Waals surface area contributed by atoms with Gasteiger partial charge >= 0.3 is 0 Å². The van der Waals surface area contributed by atoms with E-state index in [-0.39, 0.29) is 24.5 Å². The van der Waals surface area contributed by atoms with Gasteiger partial charge in [0.2, 0.25) is 11.8 Å². The predicted octanol–water partition coefficient (Wildman–Crippen LogP) is 3.22.